The Hall–Kier alpha value is -5.82. The lowest BCUT2D eigenvalue weighted by Gasteiger charge is -2.28. The summed E-state index contributed by atoms with van der Waals surface area (Å²) in [5.74, 6) is 0.431. The molecule has 1 aliphatic carbocycles. The zero-order chi connectivity index (χ0) is 37.9. The molecular formula is C32H29ClF6N12O. The van der Waals surface area contributed by atoms with Crippen LogP contribution < -0.4 is 21.3 Å². The van der Waals surface area contributed by atoms with Crippen LogP contribution in [0.5, 0.6) is 0 Å². The van der Waals surface area contributed by atoms with Gasteiger partial charge < -0.3 is 21.3 Å². The van der Waals surface area contributed by atoms with Crippen LogP contribution in [0.4, 0.5) is 44.1 Å². The van der Waals surface area contributed by atoms with Crippen molar-refractivity contribution in [2.24, 2.45) is 5.92 Å². The molecule has 4 heterocycles. The SMILES string of the molecule is CNC(=O)C1CCC(Nc2nc(NCc3cnccc3C(F)(F)F)ncc2C#N)CC1.N#Cc1cnc(NCc2cnccc2C(F)(F)F)nc1Cl. The minimum absolute atomic E-state index is 0.0241. The number of anilines is 3. The van der Waals surface area contributed by atoms with Crippen LogP contribution in [-0.2, 0) is 30.2 Å². The fourth-order valence-corrected chi connectivity index (χ4v) is 5.29. The minimum atomic E-state index is -4.49. The van der Waals surface area contributed by atoms with E-state index < -0.39 is 23.5 Å². The van der Waals surface area contributed by atoms with Gasteiger partial charge in [-0.25, -0.2) is 9.97 Å². The van der Waals surface area contributed by atoms with E-state index in [4.69, 9.17) is 16.9 Å². The van der Waals surface area contributed by atoms with E-state index in [1.54, 1.807) is 13.1 Å². The second-order valence-electron chi connectivity index (χ2n) is 11.2. The Bertz CT molecular complexity index is 1940. The molecule has 0 bridgehead atoms. The number of aromatic nitrogens is 6. The van der Waals surface area contributed by atoms with Crippen molar-refractivity contribution in [2.45, 2.75) is 57.2 Å². The second-order valence-corrected chi connectivity index (χ2v) is 11.5. The lowest BCUT2D eigenvalue weighted by molar-refractivity contribution is -0.139. The molecule has 0 aromatic carbocycles. The quantitative estimate of drug-likeness (QED) is 0.114. The van der Waals surface area contributed by atoms with Crippen molar-refractivity contribution in [3.8, 4) is 12.1 Å². The van der Waals surface area contributed by atoms with Crippen molar-refractivity contribution in [2.75, 3.05) is 23.0 Å². The lowest BCUT2D eigenvalue weighted by Crippen LogP contribution is -2.34. The largest absolute Gasteiger partial charge is 0.416 e. The number of alkyl halides is 6. The highest BCUT2D eigenvalue weighted by atomic mass is 35.5. The van der Waals surface area contributed by atoms with Gasteiger partial charge in [0, 0.05) is 68.0 Å². The van der Waals surface area contributed by atoms with Crippen molar-refractivity contribution >= 4 is 35.2 Å². The molecule has 52 heavy (non-hydrogen) atoms. The third-order valence-electron chi connectivity index (χ3n) is 7.75. The summed E-state index contributed by atoms with van der Waals surface area (Å²) in [6.45, 7) is -0.351. The summed E-state index contributed by atoms with van der Waals surface area (Å²) in [7, 11) is 1.62. The van der Waals surface area contributed by atoms with E-state index in [9.17, 15) is 36.4 Å². The molecule has 0 radical (unpaired) electrons. The summed E-state index contributed by atoms with van der Waals surface area (Å²) in [5, 5.41) is 29.2. The van der Waals surface area contributed by atoms with Gasteiger partial charge in [-0.3, -0.25) is 14.8 Å². The fourth-order valence-electron chi connectivity index (χ4n) is 5.12. The van der Waals surface area contributed by atoms with Crippen molar-refractivity contribution in [3.05, 3.63) is 87.8 Å². The summed E-state index contributed by atoms with van der Waals surface area (Å²) in [5.41, 5.74) is -1.34. The summed E-state index contributed by atoms with van der Waals surface area (Å²) in [6, 6.07) is 5.64. The molecule has 1 saturated carbocycles. The number of hydrogen-bond acceptors (Lipinski definition) is 12. The van der Waals surface area contributed by atoms with Gasteiger partial charge in [0.05, 0.1) is 23.5 Å². The molecule has 0 saturated heterocycles. The first-order valence-corrected chi connectivity index (χ1v) is 15.8. The smallest absolute Gasteiger partial charge is 0.366 e. The Balaban J connectivity index is 0.000000251. The predicted octanol–water partition coefficient (Wildman–Crippen LogP) is 6.12. The molecule has 0 unspecified atom stereocenters. The van der Waals surface area contributed by atoms with Crippen LogP contribution in [0, 0.1) is 28.6 Å². The zero-order valence-corrected chi connectivity index (χ0v) is 27.9. The van der Waals surface area contributed by atoms with Crippen LogP contribution >= 0.6 is 11.6 Å². The first-order chi connectivity index (χ1) is 24.7. The summed E-state index contributed by atoms with van der Waals surface area (Å²) in [4.78, 5) is 35.0. The molecule has 1 amide bonds. The molecule has 20 heteroatoms. The first kappa shape index (κ1) is 39.0. The van der Waals surface area contributed by atoms with Crippen molar-refractivity contribution in [3.63, 3.8) is 0 Å². The number of halogens is 7. The molecule has 272 valence electrons. The number of carbonyl (C=O) groups is 1. The number of nitrogens with one attached hydrogen (secondary N) is 4. The number of rotatable bonds is 9. The monoisotopic (exact) mass is 746 g/mol. The maximum Gasteiger partial charge on any atom is 0.416 e. The van der Waals surface area contributed by atoms with Crippen LogP contribution in [0.3, 0.4) is 0 Å². The van der Waals surface area contributed by atoms with Gasteiger partial charge in [-0.1, -0.05) is 11.6 Å². The van der Waals surface area contributed by atoms with Gasteiger partial charge in [-0.15, -0.1) is 0 Å². The molecule has 5 rings (SSSR count). The Morgan fingerprint density at radius 3 is 1.77 bits per heavy atom. The Morgan fingerprint density at radius 1 is 0.808 bits per heavy atom. The van der Waals surface area contributed by atoms with E-state index >= 15 is 0 Å². The number of pyridine rings is 2. The molecule has 1 fully saturated rings. The van der Waals surface area contributed by atoms with Gasteiger partial charge in [0.2, 0.25) is 17.8 Å². The molecular weight excluding hydrogens is 718 g/mol. The fraction of sp³-hybridized carbons (Fsp3) is 0.344. The van der Waals surface area contributed by atoms with E-state index in [1.807, 2.05) is 6.07 Å². The van der Waals surface area contributed by atoms with Crippen molar-refractivity contribution in [1.82, 2.24) is 35.2 Å². The molecule has 1 aliphatic rings. The Morgan fingerprint density at radius 2 is 1.31 bits per heavy atom. The van der Waals surface area contributed by atoms with E-state index in [0.717, 1.165) is 62.6 Å². The third kappa shape index (κ3) is 10.6. The maximum atomic E-state index is 13.1. The van der Waals surface area contributed by atoms with Gasteiger partial charge >= 0.3 is 12.4 Å². The number of carbonyl (C=O) groups excluding carboxylic acids is 1. The van der Waals surface area contributed by atoms with Crippen molar-refractivity contribution in [1.29, 1.82) is 10.5 Å². The predicted molar refractivity (Wildman–Crippen MR) is 175 cm³/mol. The highest BCUT2D eigenvalue weighted by Crippen LogP contribution is 2.33. The molecule has 0 atom stereocenters. The molecule has 0 aliphatic heterocycles. The number of amides is 1. The first-order valence-electron chi connectivity index (χ1n) is 15.4. The van der Waals surface area contributed by atoms with Gasteiger partial charge in [-0.2, -0.15) is 46.8 Å². The van der Waals surface area contributed by atoms with Crippen LogP contribution in [0.2, 0.25) is 5.15 Å². The topological polar surface area (TPSA) is 190 Å². The Labute approximate surface area is 297 Å². The molecule has 4 N–H and O–H groups in total. The van der Waals surface area contributed by atoms with Gasteiger partial charge in [0.25, 0.3) is 0 Å². The Kier molecular flexibility index (Phi) is 13.0. The maximum absolute atomic E-state index is 13.1. The van der Waals surface area contributed by atoms with Crippen LogP contribution in [0.15, 0.2) is 49.3 Å². The minimum Gasteiger partial charge on any atom is -0.366 e. The van der Waals surface area contributed by atoms with Crippen molar-refractivity contribution < 1.29 is 31.1 Å². The van der Waals surface area contributed by atoms with E-state index in [0.29, 0.717) is 5.82 Å². The molecule has 4 aromatic rings. The second kappa shape index (κ2) is 17.4. The van der Waals surface area contributed by atoms with E-state index in [-0.39, 0.29) is 70.3 Å². The number of nitriles is 2. The van der Waals surface area contributed by atoms with Crippen LogP contribution in [0.25, 0.3) is 0 Å². The molecule has 4 aromatic heterocycles. The number of hydrogen-bond donors (Lipinski definition) is 4. The molecule has 13 nitrogen and oxygen atoms in total. The summed E-state index contributed by atoms with van der Waals surface area (Å²) < 4.78 is 77.8. The van der Waals surface area contributed by atoms with Gasteiger partial charge in [0.15, 0.2) is 5.15 Å². The van der Waals surface area contributed by atoms with E-state index in [2.05, 4.69) is 51.2 Å². The number of nitrogens with zero attached hydrogens (tertiary/aromatic N) is 8. The molecule has 0 spiro atoms. The lowest BCUT2D eigenvalue weighted by atomic mass is 9.85. The van der Waals surface area contributed by atoms with Gasteiger partial charge in [-0.05, 0) is 37.8 Å². The summed E-state index contributed by atoms with van der Waals surface area (Å²) >= 11 is 5.71. The van der Waals surface area contributed by atoms with Crippen LogP contribution in [0.1, 0.15) is 59.1 Å². The highest BCUT2D eigenvalue weighted by molar-refractivity contribution is 6.30. The average molecular weight is 747 g/mol. The van der Waals surface area contributed by atoms with E-state index in [1.165, 1.54) is 12.4 Å². The van der Waals surface area contributed by atoms with Gasteiger partial charge in [0.1, 0.15) is 29.1 Å². The third-order valence-corrected chi connectivity index (χ3v) is 8.04. The van der Waals surface area contributed by atoms with Crippen LogP contribution in [-0.4, -0.2) is 48.9 Å². The highest BCUT2D eigenvalue weighted by Gasteiger charge is 2.34. The zero-order valence-electron chi connectivity index (χ0n) is 27.1. The average Bonchev–Trinajstić information content (AvgIpc) is 3.13. The summed E-state index contributed by atoms with van der Waals surface area (Å²) in [6.07, 6.45) is 0.869. The normalized spacial score (nSPS) is 15.6. The standard InChI is InChI=1S/C20H22F3N7O.C12H7ClF3N5/c1-25-18(31)12-2-4-15(5-3-12)29-17-13(8-24)10-27-19(30-17)28-11-14-9-26-7-6-16(14)20(21,22)23;13-10-7(3-17)5-19-11(21-10)20-6-8-4-18-2-1-9(8)12(14,15)16/h6-7,9-10,12,15H,2-5,11H2,1H3,(H,25,31)(H2,27,28,29,30);1-2,4-5H,6H2,(H,19,20,21).